The highest BCUT2D eigenvalue weighted by Crippen LogP contribution is 2.16. The summed E-state index contributed by atoms with van der Waals surface area (Å²) in [6.45, 7) is 2.54. The maximum atomic E-state index is 11.8. The van der Waals surface area contributed by atoms with Gasteiger partial charge in [0.15, 0.2) is 0 Å². The van der Waals surface area contributed by atoms with Gasteiger partial charge in [0, 0.05) is 18.7 Å². The Bertz CT molecular complexity index is 698. The molecule has 0 fully saturated rings. The van der Waals surface area contributed by atoms with Gasteiger partial charge in [0.1, 0.15) is 5.75 Å². The number of aryl methyl sites for hydroxylation is 1. The molecular formula is C18H20N2O3. The van der Waals surface area contributed by atoms with Crippen LogP contribution in [0.4, 0.5) is 0 Å². The number of rotatable bonds is 5. The molecule has 0 unspecified atom stereocenters. The van der Waals surface area contributed by atoms with Crippen LogP contribution in [-0.4, -0.2) is 18.9 Å². The zero-order chi connectivity index (χ0) is 16.7. The van der Waals surface area contributed by atoms with E-state index >= 15 is 0 Å². The molecule has 0 aliphatic heterocycles. The van der Waals surface area contributed by atoms with Crippen molar-refractivity contribution in [3.05, 3.63) is 65.2 Å². The lowest BCUT2D eigenvalue weighted by Crippen LogP contribution is -2.39. The van der Waals surface area contributed by atoms with Gasteiger partial charge in [-0.3, -0.25) is 9.59 Å². The first-order chi connectivity index (χ1) is 11.1. The molecule has 0 aliphatic rings. The van der Waals surface area contributed by atoms with Crippen LogP contribution in [0.25, 0.3) is 0 Å². The number of hydrogen-bond acceptors (Lipinski definition) is 3. The minimum Gasteiger partial charge on any atom is -0.496 e. The van der Waals surface area contributed by atoms with Gasteiger partial charge in [-0.2, -0.15) is 0 Å². The Morgan fingerprint density at radius 3 is 2.35 bits per heavy atom. The number of hydrogen-bond donors (Lipinski definition) is 2. The van der Waals surface area contributed by atoms with Gasteiger partial charge in [-0.15, -0.1) is 0 Å². The lowest BCUT2D eigenvalue weighted by Gasteiger charge is -2.10. The third kappa shape index (κ3) is 4.85. The predicted octanol–water partition coefficient (Wildman–Crippen LogP) is 1.94. The highest BCUT2D eigenvalue weighted by atomic mass is 16.5. The molecule has 0 aliphatic carbocycles. The van der Waals surface area contributed by atoms with Gasteiger partial charge in [-0.1, -0.05) is 48.0 Å². The van der Waals surface area contributed by atoms with Gasteiger partial charge in [0.2, 0.25) is 0 Å². The summed E-state index contributed by atoms with van der Waals surface area (Å²) in [4.78, 5) is 23.7. The second kappa shape index (κ2) is 7.98. The van der Waals surface area contributed by atoms with E-state index in [2.05, 4.69) is 10.6 Å². The molecule has 0 saturated heterocycles. The molecule has 120 valence electrons. The summed E-state index contributed by atoms with van der Waals surface area (Å²) < 4.78 is 5.20. The van der Waals surface area contributed by atoms with E-state index in [0.717, 1.165) is 16.7 Å². The minimum absolute atomic E-state index is 0.237. The number of para-hydroxylation sites is 1. The fourth-order valence-corrected chi connectivity index (χ4v) is 2.19. The predicted molar refractivity (Wildman–Crippen MR) is 87.9 cm³/mol. The van der Waals surface area contributed by atoms with Crippen molar-refractivity contribution < 1.29 is 14.3 Å². The molecule has 5 heteroatoms. The molecule has 0 bridgehead atoms. The molecule has 2 N–H and O–H groups in total. The molecule has 0 heterocycles. The third-order valence-electron chi connectivity index (χ3n) is 3.37. The Kier molecular flexibility index (Phi) is 5.74. The summed E-state index contributed by atoms with van der Waals surface area (Å²) in [5.41, 5.74) is 2.88. The van der Waals surface area contributed by atoms with Crippen molar-refractivity contribution in [2.75, 3.05) is 7.11 Å². The van der Waals surface area contributed by atoms with E-state index in [1.807, 2.05) is 49.4 Å². The van der Waals surface area contributed by atoms with Crippen LogP contribution in [-0.2, 0) is 22.7 Å². The van der Waals surface area contributed by atoms with Crippen LogP contribution in [0.3, 0.4) is 0 Å². The van der Waals surface area contributed by atoms with Crippen LogP contribution < -0.4 is 15.4 Å². The fourth-order valence-electron chi connectivity index (χ4n) is 2.19. The van der Waals surface area contributed by atoms with Crippen molar-refractivity contribution in [2.45, 2.75) is 20.0 Å². The first kappa shape index (κ1) is 16.5. The van der Waals surface area contributed by atoms with Gasteiger partial charge in [0.05, 0.1) is 7.11 Å². The maximum Gasteiger partial charge on any atom is 0.309 e. The van der Waals surface area contributed by atoms with Gasteiger partial charge >= 0.3 is 11.8 Å². The smallest absolute Gasteiger partial charge is 0.309 e. The van der Waals surface area contributed by atoms with Crippen LogP contribution in [0.15, 0.2) is 48.5 Å². The number of nitrogens with one attached hydrogen (secondary N) is 2. The molecule has 23 heavy (non-hydrogen) atoms. The van der Waals surface area contributed by atoms with E-state index in [-0.39, 0.29) is 6.54 Å². The molecule has 0 saturated carbocycles. The number of carbonyl (C=O) groups is 2. The minimum atomic E-state index is -0.663. The van der Waals surface area contributed by atoms with Crippen molar-refractivity contribution in [3.8, 4) is 5.75 Å². The highest BCUT2D eigenvalue weighted by molar-refractivity contribution is 6.35. The standard InChI is InChI=1S/C18H20N2O3/c1-13-6-5-7-14(10-13)11-19-17(21)18(22)20-12-15-8-3-4-9-16(15)23-2/h3-10H,11-12H2,1-2H3,(H,19,21)(H,20,22). The number of benzene rings is 2. The van der Waals surface area contributed by atoms with Gasteiger partial charge < -0.3 is 15.4 Å². The van der Waals surface area contributed by atoms with Crippen LogP contribution in [0, 0.1) is 6.92 Å². The summed E-state index contributed by atoms with van der Waals surface area (Å²) >= 11 is 0. The largest absolute Gasteiger partial charge is 0.496 e. The average molecular weight is 312 g/mol. The Morgan fingerprint density at radius 1 is 0.957 bits per heavy atom. The molecule has 0 spiro atoms. The topological polar surface area (TPSA) is 67.4 Å². The monoisotopic (exact) mass is 312 g/mol. The molecular weight excluding hydrogens is 292 g/mol. The lowest BCUT2D eigenvalue weighted by atomic mass is 10.1. The summed E-state index contributed by atoms with van der Waals surface area (Å²) in [7, 11) is 1.56. The summed E-state index contributed by atoms with van der Waals surface area (Å²) in [6, 6.07) is 15.1. The molecule has 0 aromatic heterocycles. The maximum absolute atomic E-state index is 11.8. The number of amides is 2. The Labute approximate surface area is 135 Å². The quantitative estimate of drug-likeness (QED) is 0.829. The molecule has 0 radical (unpaired) electrons. The first-order valence-corrected chi connectivity index (χ1v) is 7.33. The molecule has 2 amide bonds. The van der Waals surface area contributed by atoms with Crippen molar-refractivity contribution in [2.24, 2.45) is 0 Å². The van der Waals surface area contributed by atoms with E-state index in [4.69, 9.17) is 4.74 Å². The van der Waals surface area contributed by atoms with E-state index in [1.165, 1.54) is 0 Å². The Balaban J connectivity index is 1.84. The molecule has 5 nitrogen and oxygen atoms in total. The summed E-state index contributed by atoms with van der Waals surface area (Å²) in [5.74, 6) is -0.641. The SMILES string of the molecule is COc1ccccc1CNC(=O)C(=O)NCc1cccc(C)c1. The Hall–Kier alpha value is -2.82. The lowest BCUT2D eigenvalue weighted by molar-refractivity contribution is -0.139. The zero-order valence-corrected chi connectivity index (χ0v) is 13.3. The van der Waals surface area contributed by atoms with Crippen molar-refractivity contribution >= 4 is 11.8 Å². The van der Waals surface area contributed by atoms with Crippen molar-refractivity contribution in [3.63, 3.8) is 0 Å². The first-order valence-electron chi connectivity index (χ1n) is 7.33. The number of carbonyl (C=O) groups excluding carboxylic acids is 2. The van der Waals surface area contributed by atoms with E-state index in [0.29, 0.717) is 12.3 Å². The van der Waals surface area contributed by atoms with Crippen LogP contribution in [0.5, 0.6) is 5.75 Å². The second-order valence-electron chi connectivity index (χ2n) is 5.17. The zero-order valence-electron chi connectivity index (χ0n) is 13.3. The highest BCUT2D eigenvalue weighted by Gasteiger charge is 2.13. The van der Waals surface area contributed by atoms with E-state index < -0.39 is 11.8 Å². The van der Waals surface area contributed by atoms with Gasteiger partial charge in [-0.05, 0) is 18.6 Å². The molecule has 0 atom stereocenters. The summed E-state index contributed by atoms with van der Waals surface area (Å²) in [5, 5.41) is 5.20. The average Bonchev–Trinajstić information content (AvgIpc) is 2.57. The molecule has 2 aromatic carbocycles. The summed E-state index contributed by atoms with van der Waals surface area (Å²) in [6.07, 6.45) is 0. The third-order valence-corrected chi connectivity index (χ3v) is 3.37. The number of methoxy groups -OCH3 is 1. The van der Waals surface area contributed by atoms with Crippen molar-refractivity contribution in [1.29, 1.82) is 0 Å². The van der Waals surface area contributed by atoms with Crippen LogP contribution >= 0.6 is 0 Å². The number of ether oxygens (including phenoxy) is 1. The molecule has 2 rings (SSSR count). The normalized spacial score (nSPS) is 10.0. The fraction of sp³-hybridized carbons (Fsp3) is 0.222. The van der Waals surface area contributed by atoms with Gasteiger partial charge in [-0.25, -0.2) is 0 Å². The Morgan fingerprint density at radius 2 is 1.65 bits per heavy atom. The second-order valence-corrected chi connectivity index (χ2v) is 5.17. The van der Waals surface area contributed by atoms with E-state index in [9.17, 15) is 9.59 Å². The van der Waals surface area contributed by atoms with E-state index in [1.54, 1.807) is 13.2 Å². The van der Waals surface area contributed by atoms with Gasteiger partial charge in [0.25, 0.3) is 0 Å². The molecule has 2 aromatic rings. The van der Waals surface area contributed by atoms with Crippen LogP contribution in [0.1, 0.15) is 16.7 Å². The van der Waals surface area contributed by atoms with Crippen molar-refractivity contribution in [1.82, 2.24) is 10.6 Å². The van der Waals surface area contributed by atoms with Crippen LogP contribution in [0.2, 0.25) is 0 Å².